The molecule has 0 atom stereocenters. The number of phenols is 1. The van der Waals surface area contributed by atoms with E-state index in [1.165, 1.54) is 0 Å². The van der Waals surface area contributed by atoms with Crippen LogP contribution in [0.5, 0.6) is 5.75 Å². The number of nitrogens with zero attached hydrogens (tertiary/aromatic N) is 1. The first kappa shape index (κ1) is 16.0. The van der Waals surface area contributed by atoms with Crippen molar-refractivity contribution < 1.29 is 9.90 Å². The Labute approximate surface area is 131 Å². The summed E-state index contributed by atoms with van der Waals surface area (Å²) in [7, 11) is 1.82. The van der Waals surface area contributed by atoms with Crippen LogP contribution < -0.4 is 0 Å². The number of amides is 1. The van der Waals surface area contributed by atoms with Gasteiger partial charge >= 0.3 is 0 Å². The van der Waals surface area contributed by atoms with Gasteiger partial charge in [0.25, 0.3) is 5.91 Å². The summed E-state index contributed by atoms with van der Waals surface area (Å²) in [5, 5.41) is 10.3. The Kier molecular flexibility index (Phi) is 5.34. The molecule has 1 aromatic carbocycles. The molecule has 0 bridgehead atoms. The van der Waals surface area contributed by atoms with Gasteiger partial charge in [0, 0.05) is 7.05 Å². The molecule has 1 aromatic rings. The predicted octanol–water partition coefficient (Wildman–Crippen LogP) is 3.80. The van der Waals surface area contributed by atoms with Crippen LogP contribution in [-0.2, 0) is 17.6 Å². The molecule has 2 rings (SSSR count). The first-order valence-electron chi connectivity index (χ1n) is 7.51. The third kappa shape index (κ3) is 3.62. The lowest BCUT2D eigenvalue weighted by atomic mass is 9.98. The van der Waals surface area contributed by atoms with Crippen molar-refractivity contribution in [1.29, 1.82) is 0 Å². The number of rotatable bonds is 5. The van der Waals surface area contributed by atoms with Gasteiger partial charge in [0.05, 0.1) is 10.8 Å². The van der Waals surface area contributed by atoms with Crippen LogP contribution >= 0.6 is 11.8 Å². The van der Waals surface area contributed by atoms with Crippen molar-refractivity contribution in [1.82, 2.24) is 4.90 Å². The molecule has 114 valence electrons. The number of carbonyl (C=O) groups is 1. The Bertz CT molecular complexity index is 539. The zero-order chi connectivity index (χ0) is 15.4. The van der Waals surface area contributed by atoms with E-state index in [1.54, 1.807) is 16.7 Å². The van der Waals surface area contributed by atoms with Crippen molar-refractivity contribution in [2.45, 2.75) is 39.5 Å². The topological polar surface area (TPSA) is 40.5 Å². The van der Waals surface area contributed by atoms with Crippen molar-refractivity contribution in [3.63, 3.8) is 0 Å². The molecule has 1 heterocycles. The lowest BCUT2D eigenvalue weighted by Crippen LogP contribution is -2.18. The average molecular weight is 305 g/mol. The van der Waals surface area contributed by atoms with Crippen molar-refractivity contribution >= 4 is 23.7 Å². The Morgan fingerprint density at radius 1 is 1.24 bits per heavy atom. The minimum Gasteiger partial charge on any atom is -0.507 e. The summed E-state index contributed by atoms with van der Waals surface area (Å²) in [4.78, 5) is 14.5. The molecule has 21 heavy (non-hydrogen) atoms. The van der Waals surface area contributed by atoms with E-state index in [9.17, 15) is 9.90 Å². The van der Waals surface area contributed by atoms with Gasteiger partial charge < -0.3 is 10.0 Å². The normalized spacial score (nSPS) is 17.0. The van der Waals surface area contributed by atoms with Crippen molar-refractivity contribution in [3.8, 4) is 5.75 Å². The molecule has 1 aliphatic heterocycles. The summed E-state index contributed by atoms with van der Waals surface area (Å²) < 4.78 is 0. The van der Waals surface area contributed by atoms with Crippen molar-refractivity contribution in [2.75, 3.05) is 12.9 Å². The fraction of sp³-hybridized carbons (Fsp3) is 0.471. The van der Waals surface area contributed by atoms with E-state index in [0.29, 0.717) is 11.6 Å². The summed E-state index contributed by atoms with van der Waals surface area (Å²) in [6.07, 6.45) is 5.67. The summed E-state index contributed by atoms with van der Waals surface area (Å²) in [6, 6.07) is 4.02. The maximum atomic E-state index is 12.0. The molecule has 3 nitrogen and oxygen atoms in total. The van der Waals surface area contributed by atoms with Crippen LogP contribution in [0.2, 0.25) is 0 Å². The van der Waals surface area contributed by atoms with Crippen LogP contribution in [0.15, 0.2) is 17.0 Å². The lowest BCUT2D eigenvalue weighted by molar-refractivity contribution is -0.123. The Hall–Kier alpha value is -1.42. The SMILES string of the molecule is CCCc1cc(C=C2SCN(C)C2=O)cc(CCC)c1O. The smallest absolute Gasteiger partial charge is 0.260 e. The lowest BCUT2D eigenvalue weighted by Gasteiger charge is -2.11. The highest BCUT2D eigenvalue weighted by Gasteiger charge is 2.23. The third-order valence-corrected chi connectivity index (χ3v) is 4.72. The van der Waals surface area contributed by atoms with Gasteiger partial charge in [-0.1, -0.05) is 38.5 Å². The van der Waals surface area contributed by atoms with Crippen LogP contribution in [0.1, 0.15) is 43.4 Å². The molecule has 0 saturated carbocycles. The number of aryl methyl sites for hydroxylation is 2. The monoisotopic (exact) mass is 305 g/mol. The first-order valence-corrected chi connectivity index (χ1v) is 8.50. The molecule has 1 saturated heterocycles. The van der Waals surface area contributed by atoms with Gasteiger partial charge in [-0.3, -0.25) is 4.79 Å². The van der Waals surface area contributed by atoms with E-state index >= 15 is 0 Å². The molecule has 0 unspecified atom stereocenters. The van der Waals surface area contributed by atoms with Crippen molar-refractivity contribution in [3.05, 3.63) is 33.7 Å². The van der Waals surface area contributed by atoms with Gasteiger partial charge in [-0.2, -0.15) is 0 Å². The van der Waals surface area contributed by atoms with E-state index in [2.05, 4.69) is 13.8 Å². The van der Waals surface area contributed by atoms with E-state index in [-0.39, 0.29) is 5.91 Å². The molecule has 1 fully saturated rings. The highest BCUT2D eigenvalue weighted by molar-refractivity contribution is 8.04. The van der Waals surface area contributed by atoms with Crippen LogP contribution in [-0.4, -0.2) is 28.8 Å². The number of aromatic hydroxyl groups is 1. The molecular weight excluding hydrogens is 282 g/mol. The molecule has 0 aromatic heterocycles. The second-order valence-corrected chi connectivity index (χ2v) is 6.46. The van der Waals surface area contributed by atoms with Gasteiger partial charge in [-0.05, 0) is 47.7 Å². The standard InChI is InChI=1S/C17H23NO2S/c1-4-6-13-8-12(9-14(7-5-2)16(13)19)10-15-17(20)18(3)11-21-15/h8-10,19H,4-7,11H2,1-3H3. The molecule has 0 spiro atoms. The average Bonchev–Trinajstić information content (AvgIpc) is 2.76. The number of hydrogen-bond donors (Lipinski definition) is 1. The maximum Gasteiger partial charge on any atom is 0.260 e. The number of benzene rings is 1. The molecule has 1 aliphatic rings. The highest BCUT2D eigenvalue weighted by atomic mass is 32.2. The molecule has 4 heteroatoms. The van der Waals surface area contributed by atoms with Gasteiger partial charge in [0.1, 0.15) is 5.75 Å². The number of carbonyl (C=O) groups excluding carboxylic acids is 1. The van der Waals surface area contributed by atoms with Gasteiger partial charge in [-0.15, -0.1) is 0 Å². The maximum absolute atomic E-state index is 12.0. The van der Waals surface area contributed by atoms with E-state index in [4.69, 9.17) is 0 Å². The molecule has 0 radical (unpaired) electrons. The van der Waals surface area contributed by atoms with E-state index < -0.39 is 0 Å². The molecule has 1 amide bonds. The van der Waals surface area contributed by atoms with Gasteiger partial charge in [0.2, 0.25) is 0 Å². The second kappa shape index (κ2) is 7.03. The summed E-state index contributed by atoms with van der Waals surface area (Å²) in [5.41, 5.74) is 2.99. The van der Waals surface area contributed by atoms with E-state index in [1.807, 2.05) is 25.3 Å². The highest BCUT2D eigenvalue weighted by Crippen LogP contribution is 2.32. The Balaban J connectivity index is 2.39. The van der Waals surface area contributed by atoms with Crippen molar-refractivity contribution in [2.24, 2.45) is 0 Å². The quantitative estimate of drug-likeness (QED) is 0.841. The minimum atomic E-state index is 0.0853. The Morgan fingerprint density at radius 3 is 2.24 bits per heavy atom. The largest absolute Gasteiger partial charge is 0.507 e. The molecular formula is C17H23NO2S. The number of phenolic OH excluding ortho intramolecular Hbond substituents is 1. The summed E-state index contributed by atoms with van der Waals surface area (Å²) in [6.45, 7) is 4.21. The fourth-order valence-corrected chi connectivity index (χ4v) is 3.47. The van der Waals surface area contributed by atoms with Crippen LogP contribution in [0.25, 0.3) is 6.08 Å². The zero-order valence-corrected chi connectivity index (χ0v) is 13.8. The second-order valence-electron chi connectivity index (χ2n) is 5.47. The van der Waals surface area contributed by atoms with Crippen LogP contribution in [0.3, 0.4) is 0 Å². The Morgan fingerprint density at radius 2 is 1.81 bits per heavy atom. The number of likely N-dealkylation sites (N-methyl/N-ethyl adjacent to an activating group) is 1. The van der Waals surface area contributed by atoms with E-state index in [0.717, 1.165) is 47.3 Å². The summed E-state index contributed by atoms with van der Waals surface area (Å²) >= 11 is 1.57. The van der Waals surface area contributed by atoms with Crippen LogP contribution in [0.4, 0.5) is 0 Å². The molecule has 0 aliphatic carbocycles. The minimum absolute atomic E-state index is 0.0853. The van der Waals surface area contributed by atoms with Gasteiger partial charge in [0.15, 0.2) is 0 Å². The zero-order valence-electron chi connectivity index (χ0n) is 13.0. The summed E-state index contributed by atoms with van der Waals surface area (Å²) in [5.74, 6) is 1.23. The first-order chi connectivity index (χ1) is 10.1. The number of thioether (sulfide) groups is 1. The molecule has 1 N–H and O–H groups in total. The number of hydrogen-bond acceptors (Lipinski definition) is 3. The predicted molar refractivity (Wildman–Crippen MR) is 89.3 cm³/mol. The fourth-order valence-electron chi connectivity index (χ4n) is 2.52. The van der Waals surface area contributed by atoms with Gasteiger partial charge in [-0.25, -0.2) is 0 Å². The van der Waals surface area contributed by atoms with Crippen LogP contribution in [0, 0.1) is 0 Å². The third-order valence-electron chi connectivity index (χ3n) is 3.60.